The Bertz CT molecular complexity index is 929. The predicted octanol–water partition coefficient (Wildman–Crippen LogP) is 2.93. The fraction of sp³-hybridized carbons (Fsp3) is 0.364. The van der Waals surface area contributed by atoms with Gasteiger partial charge in [0.25, 0.3) is 5.91 Å². The molecule has 2 aliphatic rings. The molecule has 2 aliphatic heterocycles. The van der Waals surface area contributed by atoms with Crippen LogP contribution in [-0.4, -0.2) is 52.5 Å². The molecular formula is C22H24N4O3S. The van der Waals surface area contributed by atoms with Crippen molar-refractivity contribution >= 4 is 40.9 Å². The number of rotatable bonds is 4. The third-order valence-electron chi connectivity index (χ3n) is 5.28. The first-order chi connectivity index (χ1) is 14.6. The van der Waals surface area contributed by atoms with Crippen LogP contribution >= 0.6 is 11.8 Å². The van der Waals surface area contributed by atoms with Gasteiger partial charge in [0.05, 0.1) is 17.6 Å². The zero-order valence-corrected chi connectivity index (χ0v) is 17.4. The molecule has 1 fully saturated rings. The number of thioether (sulfide) groups is 1. The van der Waals surface area contributed by atoms with E-state index in [1.165, 1.54) is 16.7 Å². The number of aromatic nitrogens is 1. The van der Waals surface area contributed by atoms with Crippen molar-refractivity contribution in [3.63, 3.8) is 0 Å². The van der Waals surface area contributed by atoms with Gasteiger partial charge in [0.15, 0.2) is 5.25 Å². The summed E-state index contributed by atoms with van der Waals surface area (Å²) in [5.41, 5.74) is 1.22. The number of nitrogens with one attached hydrogen (secondary N) is 1. The molecule has 3 heterocycles. The van der Waals surface area contributed by atoms with Crippen LogP contribution in [-0.2, 0) is 14.4 Å². The standard InChI is InChI=1S/C22H24N4O3S/c27-19(24-16-8-7-11-23-14-16)15-26-17-9-3-4-10-18(17)30-20(22(26)29)21(28)25-12-5-1-2-6-13-25/h3-4,7-11,14,20H,1-2,5-6,12-13,15H2,(H,24,27). The fourth-order valence-corrected chi connectivity index (χ4v) is 4.96. The summed E-state index contributed by atoms with van der Waals surface area (Å²) in [5.74, 6) is -0.827. The van der Waals surface area contributed by atoms with E-state index in [1.807, 2.05) is 29.2 Å². The van der Waals surface area contributed by atoms with Crippen molar-refractivity contribution in [1.82, 2.24) is 9.88 Å². The van der Waals surface area contributed by atoms with E-state index in [9.17, 15) is 14.4 Å². The largest absolute Gasteiger partial charge is 0.341 e. The summed E-state index contributed by atoms with van der Waals surface area (Å²) in [4.78, 5) is 47.2. The fourth-order valence-electron chi connectivity index (χ4n) is 3.77. The van der Waals surface area contributed by atoms with Crippen molar-refractivity contribution in [2.24, 2.45) is 0 Å². The lowest BCUT2D eigenvalue weighted by Gasteiger charge is -2.34. The Morgan fingerprint density at radius 1 is 1.07 bits per heavy atom. The van der Waals surface area contributed by atoms with E-state index in [0.29, 0.717) is 24.5 Å². The van der Waals surface area contributed by atoms with E-state index in [1.54, 1.807) is 24.5 Å². The van der Waals surface area contributed by atoms with Crippen LogP contribution in [0.2, 0.25) is 0 Å². The maximum absolute atomic E-state index is 13.3. The molecule has 0 radical (unpaired) electrons. The van der Waals surface area contributed by atoms with Gasteiger partial charge in [0.2, 0.25) is 11.8 Å². The number of hydrogen-bond donors (Lipinski definition) is 1. The number of hydrogen-bond acceptors (Lipinski definition) is 5. The van der Waals surface area contributed by atoms with Crippen molar-refractivity contribution in [3.8, 4) is 0 Å². The average Bonchev–Trinajstić information content (AvgIpc) is 3.05. The van der Waals surface area contributed by atoms with Gasteiger partial charge in [-0.15, -0.1) is 11.8 Å². The summed E-state index contributed by atoms with van der Waals surface area (Å²) in [5, 5.41) is 1.90. The number of anilines is 2. The van der Waals surface area contributed by atoms with E-state index in [2.05, 4.69) is 10.3 Å². The van der Waals surface area contributed by atoms with Crippen LogP contribution in [0, 0.1) is 0 Å². The Balaban J connectivity index is 1.55. The first-order valence-corrected chi connectivity index (χ1v) is 11.1. The highest BCUT2D eigenvalue weighted by molar-refractivity contribution is 8.01. The lowest BCUT2D eigenvalue weighted by molar-refractivity contribution is -0.135. The Morgan fingerprint density at radius 2 is 1.83 bits per heavy atom. The number of nitrogens with zero attached hydrogens (tertiary/aromatic N) is 3. The second kappa shape index (κ2) is 9.30. The molecule has 1 unspecified atom stereocenters. The Kier molecular flexibility index (Phi) is 6.32. The first-order valence-electron chi connectivity index (χ1n) is 10.2. The molecule has 0 saturated carbocycles. The normalized spacial score (nSPS) is 19.1. The number of pyridine rings is 1. The van der Waals surface area contributed by atoms with Crippen LogP contribution in [0.15, 0.2) is 53.7 Å². The molecule has 7 nitrogen and oxygen atoms in total. The highest BCUT2D eigenvalue weighted by atomic mass is 32.2. The molecule has 30 heavy (non-hydrogen) atoms. The molecule has 8 heteroatoms. The topological polar surface area (TPSA) is 82.6 Å². The van der Waals surface area contributed by atoms with Crippen molar-refractivity contribution in [2.45, 2.75) is 35.8 Å². The molecule has 1 aromatic heterocycles. The van der Waals surface area contributed by atoms with Gasteiger partial charge in [-0.2, -0.15) is 0 Å². The average molecular weight is 425 g/mol. The maximum atomic E-state index is 13.3. The SMILES string of the molecule is O=C(CN1C(=O)C(C(=O)N2CCCCCC2)Sc2ccccc21)Nc1cccnc1. The Morgan fingerprint density at radius 3 is 2.57 bits per heavy atom. The van der Waals surface area contributed by atoms with E-state index in [4.69, 9.17) is 0 Å². The molecule has 0 bridgehead atoms. The molecule has 1 aromatic carbocycles. The highest BCUT2D eigenvalue weighted by Gasteiger charge is 2.40. The van der Waals surface area contributed by atoms with Gasteiger partial charge in [-0.1, -0.05) is 25.0 Å². The molecule has 0 aliphatic carbocycles. The zero-order chi connectivity index (χ0) is 20.9. The van der Waals surface area contributed by atoms with E-state index >= 15 is 0 Å². The summed E-state index contributed by atoms with van der Waals surface area (Å²) >= 11 is 1.28. The third-order valence-corrected chi connectivity index (χ3v) is 6.52. The van der Waals surface area contributed by atoms with Gasteiger partial charge < -0.3 is 15.1 Å². The minimum absolute atomic E-state index is 0.154. The van der Waals surface area contributed by atoms with Crippen molar-refractivity contribution < 1.29 is 14.4 Å². The first kappa shape index (κ1) is 20.4. The quantitative estimate of drug-likeness (QED) is 0.763. The van der Waals surface area contributed by atoms with Crippen LogP contribution in [0.1, 0.15) is 25.7 Å². The molecule has 1 N–H and O–H groups in total. The third kappa shape index (κ3) is 4.48. The molecule has 156 valence electrons. The number of benzene rings is 1. The number of fused-ring (bicyclic) bond motifs is 1. The molecule has 1 atom stereocenters. The van der Waals surface area contributed by atoms with Crippen LogP contribution in [0.3, 0.4) is 0 Å². The number of carbonyl (C=O) groups is 3. The summed E-state index contributed by atoms with van der Waals surface area (Å²) in [7, 11) is 0. The lowest BCUT2D eigenvalue weighted by atomic mass is 10.2. The number of amides is 3. The van der Waals surface area contributed by atoms with Crippen molar-refractivity contribution in [3.05, 3.63) is 48.8 Å². The van der Waals surface area contributed by atoms with Gasteiger partial charge >= 0.3 is 0 Å². The summed E-state index contributed by atoms with van der Waals surface area (Å²) in [6.07, 6.45) is 7.32. The molecular weight excluding hydrogens is 400 g/mol. The molecule has 3 amide bonds. The van der Waals surface area contributed by atoms with Crippen molar-refractivity contribution in [2.75, 3.05) is 29.9 Å². The van der Waals surface area contributed by atoms with Gasteiger partial charge in [0.1, 0.15) is 6.54 Å². The second-order valence-electron chi connectivity index (χ2n) is 7.42. The van der Waals surface area contributed by atoms with Crippen molar-refractivity contribution in [1.29, 1.82) is 0 Å². The maximum Gasteiger partial charge on any atom is 0.250 e. The molecule has 2 aromatic rings. The molecule has 1 saturated heterocycles. The van der Waals surface area contributed by atoms with E-state index < -0.39 is 5.25 Å². The Labute approximate surface area is 179 Å². The molecule has 4 rings (SSSR count). The summed E-state index contributed by atoms with van der Waals surface area (Å²) in [6.45, 7) is 1.22. The minimum Gasteiger partial charge on any atom is -0.341 e. The molecule has 0 spiro atoms. The summed E-state index contributed by atoms with van der Waals surface area (Å²) < 4.78 is 0. The van der Waals surface area contributed by atoms with Gasteiger partial charge in [-0.05, 0) is 37.1 Å². The smallest absolute Gasteiger partial charge is 0.250 e. The van der Waals surface area contributed by atoms with Gasteiger partial charge in [-0.25, -0.2) is 0 Å². The van der Waals surface area contributed by atoms with Crippen LogP contribution < -0.4 is 10.2 Å². The zero-order valence-electron chi connectivity index (χ0n) is 16.6. The van der Waals surface area contributed by atoms with Crippen LogP contribution in [0.4, 0.5) is 11.4 Å². The van der Waals surface area contributed by atoms with Crippen LogP contribution in [0.5, 0.6) is 0 Å². The van der Waals surface area contributed by atoms with Gasteiger partial charge in [-0.3, -0.25) is 19.4 Å². The number of likely N-dealkylation sites (tertiary alicyclic amines) is 1. The summed E-state index contributed by atoms with van der Waals surface area (Å²) in [6, 6.07) is 10.9. The second-order valence-corrected chi connectivity index (χ2v) is 8.57. The number of para-hydroxylation sites is 1. The lowest BCUT2D eigenvalue weighted by Crippen LogP contribution is -2.51. The predicted molar refractivity (Wildman–Crippen MR) is 116 cm³/mol. The van der Waals surface area contributed by atoms with Crippen LogP contribution in [0.25, 0.3) is 0 Å². The van der Waals surface area contributed by atoms with Gasteiger partial charge in [0, 0.05) is 24.2 Å². The Hall–Kier alpha value is -2.87. The monoisotopic (exact) mass is 424 g/mol. The van der Waals surface area contributed by atoms with E-state index in [-0.39, 0.29) is 24.3 Å². The van der Waals surface area contributed by atoms with E-state index in [0.717, 1.165) is 30.6 Å². The minimum atomic E-state index is -0.857. The number of carbonyl (C=O) groups excluding carboxylic acids is 3. The highest BCUT2D eigenvalue weighted by Crippen LogP contribution is 2.39.